The van der Waals surface area contributed by atoms with Crippen molar-refractivity contribution in [2.75, 3.05) is 12.3 Å². The van der Waals surface area contributed by atoms with Crippen molar-refractivity contribution in [3.05, 3.63) is 0 Å². The number of nitrogens with two attached hydrogens (primary N) is 1. The van der Waals surface area contributed by atoms with Gasteiger partial charge in [-0.3, -0.25) is 9.59 Å². The third kappa shape index (κ3) is 3.71. The molecule has 6 heteroatoms. The Morgan fingerprint density at radius 3 is 2.87 bits per heavy atom. The second-order valence-corrected chi connectivity index (χ2v) is 4.94. The second kappa shape index (κ2) is 5.37. The van der Waals surface area contributed by atoms with Gasteiger partial charge in [-0.25, -0.2) is 0 Å². The largest absolute Gasteiger partial charge is 0.353 e. The summed E-state index contributed by atoms with van der Waals surface area (Å²) >= 11 is 1.13. The summed E-state index contributed by atoms with van der Waals surface area (Å²) in [5.41, 5.74) is 5.78. The fourth-order valence-electron chi connectivity index (χ4n) is 1.10. The summed E-state index contributed by atoms with van der Waals surface area (Å²) in [7, 11) is 0. The summed E-state index contributed by atoms with van der Waals surface area (Å²) in [6.45, 7) is 4.46. The number of carbonyl (C=O) groups excluding carboxylic acids is 2. The number of carbonyl (C=O) groups is 2. The molecule has 15 heavy (non-hydrogen) atoms. The molecule has 2 atom stereocenters. The molecule has 1 heterocycles. The van der Waals surface area contributed by atoms with Crippen LogP contribution in [0.15, 0.2) is 0 Å². The number of amides is 2. The highest BCUT2D eigenvalue weighted by Crippen LogP contribution is 2.12. The third-order valence-electron chi connectivity index (χ3n) is 2.36. The fraction of sp³-hybridized carbons (Fsp3) is 0.778. The van der Waals surface area contributed by atoms with Gasteiger partial charge in [0, 0.05) is 18.3 Å². The highest BCUT2D eigenvalue weighted by atomic mass is 32.2. The van der Waals surface area contributed by atoms with Crippen LogP contribution in [-0.2, 0) is 4.79 Å². The zero-order valence-electron chi connectivity index (χ0n) is 8.95. The maximum absolute atomic E-state index is 11.5. The Morgan fingerprint density at radius 2 is 2.40 bits per heavy atom. The van der Waals surface area contributed by atoms with Crippen molar-refractivity contribution in [2.24, 2.45) is 11.7 Å². The molecule has 0 aromatic rings. The van der Waals surface area contributed by atoms with E-state index in [0.29, 0.717) is 18.2 Å². The average Bonchev–Trinajstić information content (AvgIpc) is 2.60. The molecule has 1 fully saturated rings. The predicted octanol–water partition coefficient (Wildman–Crippen LogP) is -0.0891. The summed E-state index contributed by atoms with van der Waals surface area (Å²) < 4.78 is 0. The van der Waals surface area contributed by atoms with Crippen LogP contribution in [0.4, 0.5) is 4.79 Å². The van der Waals surface area contributed by atoms with Crippen molar-refractivity contribution >= 4 is 22.9 Å². The van der Waals surface area contributed by atoms with Gasteiger partial charge >= 0.3 is 0 Å². The quantitative estimate of drug-likeness (QED) is 0.631. The smallest absolute Gasteiger partial charge is 0.279 e. The van der Waals surface area contributed by atoms with Gasteiger partial charge in [0.05, 0.1) is 0 Å². The molecule has 0 radical (unpaired) electrons. The average molecular weight is 231 g/mol. The van der Waals surface area contributed by atoms with Gasteiger partial charge in [-0.05, 0) is 5.92 Å². The molecule has 1 saturated heterocycles. The van der Waals surface area contributed by atoms with E-state index in [0.717, 1.165) is 11.8 Å². The van der Waals surface area contributed by atoms with E-state index in [4.69, 9.17) is 5.73 Å². The minimum Gasteiger partial charge on any atom is -0.353 e. The number of hydrogen-bond donors (Lipinski definition) is 3. The van der Waals surface area contributed by atoms with Crippen LogP contribution in [0.3, 0.4) is 0 Å². The monoisotopic (exact) mass is 231 g/mol. The molecule has 2 unspecified atom stereocenters. The summed E-state index contributed by atoms with van der Waals surface area (Å²) in [5, 5.41) is 5.18. The first kappa shape index (κ1) is 12.3. The molecule has 0 bridgehead atoms. The fourth-order valence-corrected chi connectivity index (χ4v) is 1.88. The van der Waals surface area contributed by atoms with E-state index >= 15 is 0 Å². The molecule has 0 aromatic heterocycles. The summed E-state index contributed by atoms with van der Waals surface area (Å²) in [6.07, 6.45) is 0. The highest BCUT2D eigenvalue weighted by Gasteiger charge is 2.27. The molecule has 1 aliphatic heterocycles. The number of nitrogens with one attached hydrogen (secondary N) is 2. The molecule has 0 aromatic carbocycles. The van der Waals surface area contributed by atoms with E-state index in [1.54, 1.807) is 0 Å². The normalized spacial score (nSPS) is 22.7. The van der Waals surface area contributed by atoms with Crippen molar-refractivity contribution in [2.45, 2.75) is 25.9 Å². The number of thioether (sulfide) groups is 1. The Kier molecular flexibility index (Phi) is 4.41. The molecule has 5 nitrogen and oxygen atoms in total. The zero-order chi connectivity index (χ0) is 11.4. The van der Waals surface area contributed by atoms with Gasteiger partial charge < -0.3 is 16.4 Å². The Balaban J connectivity index is 2.27. The first-order chi connectivity index (χ1) is 7.00. The lowest BCUT2D eigenvalue weighted by Crippen LogP contribution is -2.47. The van der Waals surface area contributed by atoms with E-state index in [2.05, 4.69) is 10.6 Å². The van der Waals surface area contributed by atoms with Gasteiger partial charge in [0.15, 0.2) is 0 Å². The maximum Gasteiger partial charge on any atom is 0.279 e. The van der Waals surface area contributed by atoms with Gasteiger partial charge in [-0.2, -0.15) is 0 Å². The van der Waals surface area contributed by atoms with Gasteiger partial charge in [-0.1, -0.05) is 25.6 Å². The Morgan fingerprint density at radius 1 is 1.73 bits per heavy atom. The zero-order valence-corrected chi connectivity index (χ0v) is 9.76. The molecule has 2 amide bonds. The minimum absolute atomic E-state index is 0.0429. The molecule has 1 aliphatic rings. The summed E-state index contributed by atoms with van der Waals surface area (Å²) in [4.78, 5) is 22.4. The standard InChI is InChI=1S/C9H17N3O2S/c1-5(2)6(10)3-11-8(13)7-4-15-9(14)12-7/h5-7H,3-4,10H2,1-2H3,(H,11,13)(H,12,14). The molecule has 4 N–H and O–H groups in total. The van der Waals surface area contributed by atoms with E-state index in [-0.39, 0.29) is 17.2 Å². The molecular formula is C9H17N3O2S. The SMILES string of the molecule is CC(C)C(N)CNC(=O)C1CSC(=O)N1. The van der Waals surface area contributed by atoms with Gasteiger partial charge in [-0.15, -0.1) is 0 Å². The first-order valence-electron chi connectivity index (χ1n) is 4.97. The molecule has 0 aliphatic carbocycles. The van der Waals surface area contributed by atoms with Crippen molar-refractivity contribution in [1.29, 1.82) is 0 Å². The highest BCUT2D eigenvalue weighted by molar-refractivity contribution is 8.14. The third-order valence-corrected chi connectivity index (χ3v) is 3.24. The molecule has 0 saturated carbocycles. The molecule has 1 rings (SSSR count). The number of hydrogen-bond acceptors (Lipinski definition) is 4. The second-order valence-electron chi connectivity index (χ2n) is 3.95. The lowest BCUT2D eigenvalue weighted by molar-refractivity contribution is -0.122. The Labute approximate surface area is 93.5 Å². The van der Waals surface area contributed by atoms with Gasteiger partial charge in [0.2, 0.25) is 5.91 Å². The van der Waals surface area contributed by atoms with Crippen LogP contribution in [0.25, 0.3) is 0 Å². The van der Waals surface area contributed by atoms with Gasteiger partial charge in [0.25, 0.3) is 5.24 Å². The van der Waals surface area contributed by atoms with Crippen LogP contribution in [-0.4, -0.2) is 35.5 Å². The first-order valence-corrected chi connectivity index (χ1v) is 5.96. The minimum atomic E-state index is -0.401. The molecular weight excluding hydrogens is 214 g/mol. The van der Waals surface area contributed by atoms with Crippen molar-refractivity contribution < 1.29 is 9.59 Å². The van der Waals surface area contributed by atoms with Crippen molar-refractivity contribution in [3.8, 4) is 0 Å². The summed E-state index contributed by atoms with van der Waals surface area (Å²) in [6, 6.07) is -0.444. The van der Waals surface area contributed by atoms with Crippen LogP contribution < -0.4 is 16.4 Å². The van der Waals surface area contributed by atoms with Gasteiger partial charge in [0.1, 0.15) is 6.04 Å². The van der Waals surface area contributed by atoms with E-state index in [9.17, 15) is 9.59 Å². The summed E-state index contributed by atoms with van der Waals surface area (Å²) in [5.74, 6) is 0.684. The number of rotatable bonds is 4. The Bertz CT molecular complexity index is 258. The Hall–Kier alpha value is -0.750. The van der Waals surface area contributed by atoms with Crippen LogP contribution in [0.5, 0.6) is 0 Å². The molecule has 0 spiro atoms. The van der Waals surface area contributed by atoms with Crippen molar-refractivity contribution in [3.63, 3.8) is 0 Å². The lowest BCUT2D eigenvalue weighted by Gasteiger charge is -2.17. The van der Waals surface area contributed by atoms with E-state index in [1.807, 2.05) is 13.8 Å². The van der Waals surface area contributed by atoms with Crippen LogP contribution in [0.2, 0.25) is 0 Å². The lowest BCUT2D eigenvalue weighted by atomic mass is 10.1. The topological polar surface area (TPSA) is 84.2 Å². The molecule has 86 valence electrons. The van der Waals surface area contributed by atoms with Crippen molar-refractivity contribution in [1.82, 2.24) is 10.6 Å². The van der Waals surface area contributed by atoms with E-state index < -0.39 is 6.04 Å². The van der Waals surface area contributed by atoms with Crippen LogP contribution >= 0.6 is 11.8 Å². The predicted molar refractivity (Wildman–Crippen MR) is 60.6 cm³/mol. The maximum atomic E-state index is 11.5. The van der Waals surface area contributed by atoms with E-state index in [1.165, 1.54) is 0 Å². The van der Waals surface area contributed by atoms with Crippen LogP contribution in [0.1, 0.15) is 13.8 Å². The van der Waals surface area contributed by atoms with Crippen LogP contribution in [0, 0.1) is 5.92 Å².